The summed E-state index contributed by atoms with van der Waals surface area (Å²) < 4.78 is 52.8. The summed E-state index contributed by atoms with van der Waals surface area (Å²) in [6.45, 7) is 8.32. The monoisotopic (exact) mass is 480 g/mol. The van der Waals surface area contributed by atoms with E-state index in [1.807, 2.05) is 0 Å². The van der Waals surface area contributed by atoms with Crippen LogP contribution in [-0.4, -0.2) is 64.8 Å². The standard InChI is InChI=1S/C21H28N4O5S2/c1-4-25(5-2)32(29,30)19-12-10-18(11-13-19)21(26)23-15-14-22-20-17(3)9-7-6-8-16-31(27,28)24-20/h6-13H,3-5,14-16H2,1-2H3,(H,22,24)(H,23,26)/b8-6-,9-7-. The van der Waals surface area contributed by atoms with Gasteiger partial charge in [-0.3, -0.25) is 14.5 Å². The summed E-state index contributed by atoms with van der Waals surface area (Å²) in [4.78, 5) is 16.7. The average molecular weight is 481 g/mol. The van der Waals surface area contributed by atoms with E-state index in [1.54, 1.807) is 32.1 Å². The molecule has 1 heterocycles. The first kappa shape index (κ1) is 25.5. The van der Waals surface area contributed by atoms with Gasteiger partial charge in [0, 0.05) is 30.8 Å². The van der Waals surface area contributed by atoms with Crippen LogP contribution in [0.2, 0.25) is 0 Å². The number of benzene rings is 1. The molecule has 1 aromatic carbocycles. The summed E-state index contributed by atoms with van der Waals surface area (Å²) >= 11 is 0. The van der Waals surface area contributed by atoms with Gasteiger partial charge in [0.05, 0.1) is 17.2 Å². The lowest BCUT2D eigenvalue weighted by Crippen LogP contribution is -2.34. The Labute approximate surface area is 189 Å². The van der Waals surface area contributed by atoms with Crippen molar-refractivity contribution in [3.05, 3.63) is 66.3 Å². The molecule has 1 aromatic rings. The maximum absolute atomic E-state index is 12.5. The van der Waals surface area contributed by atoms with Crippen molar-refractivity contribution in [1.29, 1.82) is 0 Å². The number of nitrogens with one attached hydrogen (secondary N) is 2. The minimum atomic E-state index is -3.59. The highest BCUT2D eigenvalue weighted by Gasteiger charge is 2.21. The molecule has 32 heavy (non-hydrogen) atoms. The SMILES string of the molecule is C=C1/C=C\C=C/CS(=O)(=O)NC1=NCCNC(=O)c1ccc(S(=O)(=O)N(CC)CC)cc1. The fourth-order valence-electron chi connectivity index (χ4n) is 2.83. The van der Waals surface area contributed by atoms with Crippen molar-refractivity contribution in [1.82, 2.24) is 14.3 Å². The van der Waals surface area contributed by atoms with E-state index in [0.717, 1.165) is 0 Å². The molecule has 0 bridgehead atoms. The highest BCUT2D eigenvalue weighted by molar-refractivity contribution is 7.90. The van der Waals surface area contributed by atoms with Crippen molar-refractivity contribution >= 4 is 31.8 Å². The smallest absolute Gasteiger partial charge is 0.251 e. The first-order valence-electron chi connectivity index (χ1n) is 10.1. The molecule has 2 rings (SSSR count). The van der Waals surface area contributed by atoms with Crippen LogP contribution in [0.4, 0.5) is 0 Å². The number of amidine groups is 1. The summed E-state index contributed by atoms with van der Waals surface area (Å²) in [5.74, 6) is -0.458. The van der Waals surface area contributed by atoms with Crippen LogP contribution in [-0.2, 0) is 20.0 Å². The van der Waals surface area contributed by atoms with Crippen LogP contribution in [0.3, 0.4) is 0 Å². The highest BCUT2D eigenvalue weighted by Crippen LogP contribution is 2.16. The van der Waals surface area contributed by atoms with Gasteiger partial charge >= 0.3 is 0 Å². The van der Waals surface area contributed by atoms with Crippen LogP contribution in [0, 0.1) is 0 Å². The molecule has 1 aliphatic heterocycles. The maximum atomic E-state index is 12.5. The molecule has 2 N–H and O–H groups in total. The Hall–Kier alpha value is -2.76. The van der Waals surface area contributed by atoms with Crippen LogP contribution in [0.15, 0.2) is 70.6 Å². The van der Waals surface area contributed by atoms with Gasteiger partial charge in [0.1, 0.15) is 5.84 Å². The van der Waals surface area contributed by atoms with Crippen molar-refractivity contribution in [2.75, 3.05) is 31.9 Å². The van der Waals surface area contributed by atoms with Gasteiger partial charge < -0.3 is 5.32 Å². The lowest BCUT2D eigenvalue weighted by Gasteiger charge is -2.18. The minimum Gasteiger partial charge on any atom is -0.350 e. The highest BCUT2D eigenvalue weighted by atomic mass is 32.2. The first-order valence-corrected chi connectivity index (χ1v) is 13.2. The average Bonchev–Trinajstić information content (AvgIpc) is 2.81. The van der Waals surface area contributed by atoms with Crippen molar-refractivity contribution in [2.45, 2.75) is 18.7 Å². The number of nitrogens with zero attached hydrogens (tertiary/aromatic N) is 2. The topological polar surface area (TPSA) is 125 Å². The van der Waals surface area contributed by atoms with Gasteiger partial charge in [0.25, 0.3) is 5.91 Å². The Morgan fingerprint density at radius 3 is 2.47 bits per heavy atom. The van der Waals surface area contributed by atoms with E-state index >= 15 is 0 Å². The van der Waals surface area contributed by atoms with Gasteiger partial charge in [0.2, 0.25) is 20.0 Å². The van der Waals surface area contributed by atoms with Crippen molar-refractivity contribution in [3.8, 4) is 0 Å². The summed E-state index contributed by atoms with van der Waals surface area (Å²) in [7, 11) is -7.17. The fraction of sp³-hybridized carbons (Fsp3) is 0.333. The third-order valence-corrected chi connectivity index (χ3v) is 7.74. The molecule has 0 spiro atoms. The van der Waals surface area contributed by atoms with Crippen LogP contribution >= 0.6 is 0 Å². The van der Waals surface area contributed by atoms with Crippen molar-refractivity contribution < 1.29 is 21.6 Å². The zero-order valence-electron chi connectivity index (χ0n) is 18.1. The number of aliphatic imine (C=N–C) groups is 1. The molecule has 0 atom stereocenters. The molecule has 174 valence electrons. The van der Waals surface area contributed by atoms with Crippen molar-refractivity contribution in [2.24, 2.45) is 4.99 Å². The van der Waals surface area contributed by atoms with Gasteiger partial charge in [-0.1, -0.05) is 44.7 Å². The predicted molar refractivity (Wildman–Crippen MR) is 126 cm³/mol. The molecule has 0 saturated carbocycles. The third-order valence-electron chi connectivity index (χ3n) is 4.54. The molecule has 0 unspecified atom stereocenters. The van der Waals surface area contributed by atoms with Crippen LogP contribution < -0.4 is 10.0 Å². The molecular weight excluding hydrogens is 452 g/mol. The lowest BCUT2D eigenvalue weighted by molar-refractivity contribution is 0.0954. The van der Waals surface area contributed by atoms with Crippen LogP contribution in [0.5, 0.6) is 0 Å². The number of amides is 1. The predicted octanol–water partition coefficient (Wildman–Crippen LogP) is 1.45. The van der Waals surface area contributed by atoms with Gasteiger partial charge in [-0.2, -0.15) is 4.31 Å². The Morgan fingerprint density at radius 2 is 1.84 bits per heavy atom. The number of hydrogen-bond donors (Lipinski definition) is 2. The number of carbonyl (C=O) groups excluding carboxylic acids is 1. The van der Waals surface area contributed by atoms with Gasteiger partial charge in [-0.25, -0.2) is 16.8 Å². The number of sulfonamides is 2. The molecule has 11 heteroatoms. The molecule has 9 nitrogen and oxygen atoms in total. The molecule has 1 amide bonds. The lowest BCUT2D eigenvalue weighted by atomic mass is 10.2. The maximum Gasteiger partial charge on any atom is 0.251 e. The number of hydrogen-bond acceptors (Lipinski definition) is 6. The van der Waals surface area contributed by atoms with Crippen LogP contribution in [0.1, 0.15) is 24.2 Å². The van der Waals surface area contributed by atoms with E-state index in [-0.39, 0.29) is 29.6 Å². The number of allylic oxidation sites excluding steroid dienone is 2. The molecule has 0 aromatic heterocycles. The zero-order chi connectivity index (χ0) is 23.8. The Kier molecular flexibility index (Phi) is 8.93. The van der Waals surface area contributed by atoms with E-state index < -0.39 is 26.0 Å². The van der Waals surface area contributed by atoms with Gasteiger partial charge in [0.15, 0.2) is 0 Å². The second-order valence-electron chi connectivity index (χ2n) is 6.80. The zero-order valence-corrected chi connectivity index (χ0v) is 19.7. The molecule has 0 aliphatic carbocycles. The minimum absolute atomic E-state index is 0.116. The molecule has 1 aliphatic rings. The first-order chi connectivity index (χ1) is 15.1. The number of carbonyl (C=O) groups is 1. The normalized spacial score (nSPS) is 19.5. The molecule has 0 radical (unpaired) electrons. The van der Waals surface area contributed by atoms with Crippen molar-refractivity contribution in [3.63, 3.8) is 0 Å². The molecule has 0 saturated heterocycles. The Balaban J connectivity index is 2.00. The summed E-state index contributed by atoms with van der Waals surface area (Å²) in [6, 6.07) is 5.70. The fourth-order valence-corrected chi connectivity index (χ4v) is 5.23. The summed E-state index contributed by atoms with van der Waals surface area (Å²) in [5, 5.41) is 2.67. The largest absolute Gasteiger partial charge is 0.350 e. The third kappa shape index (κ3) is 6.87. The van der Waals surface area contributed by atoms with E-state index in [9.17, 15) is 21.6 Å². The molecule has 0 fully saturated rings. The second kappa shape index (κ2) is 11.2. The van der Waals surface area contributed by atoms with E-state index in [1.165, 1.54) is 34.6 Å². The molecular formula is C21H28N4O5S2. The Bertz CT molecular complexity index is 1130. The van der Waals surface area contributed by atoms with Gasteiger partial charge in [-0.15, -0.1) is 0 Å². The van der Waals surface area contributed by atoms with E-state index in [0.29, 0.717) is 24.2 Å². The quantitative estimate of drug-likeness (QED) is 0.545. The second-order valence-corrected chi connectivity index (χ2v) is 10.5. The van der Waals surface area contributed by atoms with E-state index in [4.69, 9.17) is 0 Å². The number of rotatable bonds is 8. The summed E-state index contributed by atoms with van der Waals surface area (Å²) in [5.41, 5.74) is 0.703. The summed E-state index contributed by atoms with van der Waals surface area (Å²) in [6.07, 6.45) is 6.43. The van der Waals surface area contributed by atoms with Crippen LogP contribution in [0.25, 0.3) is 0 Å². The van der Waals surface area contributed by atoms with Gasteiger partial charge in [-0.05, 0) is 24.3 Å². The Morgan fingerprint density at radius 1 is 1.19 bits per heavy atom. The van der Waals surface area contributed by atoms with E-state index in [2.05, 4.69) is 21.6 Å².